The first-order valence-electron chi connectivity index (χ1n) is 5.84. The first-order chi connectivity index (χ1) is 8.46. The highest BCUT2D eigenvalue weighted by atomic mass is 79.9. The van der Waals surface area contributed by atoms with Crippen LogP contribution in [-0.4, -0.2) is 26.0 Å². The molecule has 0 aromatic heterocycles. The lowest BCUT2D eigenvalue weighted by molar-refractivity contribution is 0.480. The molecule has 1 atom stereocenters. The predicted octanol–water partition coefficient (Wildman–Crippen LogP) is 2.77. The summed E-state index contributed by atoms with van der Waals surface area (Å²) >= 11 is 9.33. The Balaban J connectivity index is 1.95. The summed E-state index contributed by atoms with van der Waals surface area (Å²) in [5, 5.41) is 3.99. The molecular weight excluding hydrogens is 338 g/mol. The smallest absolute Gasteiger partial charge is 0.151 e. The summed E-state index contributed by atoms with van der Waals surface area (Å²) in [6, 6.07) is 5.68. The van der Waals surface area contributed by atoms with Gasteiger partial charge in [-0.25, -0.2) is 8.42 Å². The molecule has 1 aliphatic heterocycles. The van der Waals surface area contributed by atoms with E-state index in [2.05, 4.69) is 21.2 Å². The number of sulfone groups is 1. The Kier molecular flexibility index (Phi) is 4.69. The van der Waals surface area contributed by atoms with Crippen molar-refractivity contribution in [2.24, 2.45) is 0 Å². The van der Waals surface area contributed by atoms with Crippen LogP contribution in [0.15, 0.2) is 22.7 Å². The Labute approximate surface area is 121 Å². The first kappa shape index (κ1) is 14.3. The standard InChI is InChI=1S/C12H15BrClNO2S/c13-12-6-10(14)4-3-9(12)7-15-11-2-1-5-18(16,17)8-11/h3-4,6,11,15H,1-2,5,7-8H2. The number of hydrogen-bond donors (Lipinski definition) is 1. The van der Waals surface area contributed by atoms with Crippen molar-refractivity contribution in [1.82, 2.24) is 5.32 Å². The monoisotopic (exact) mass is 351 g/mol. The van der Waals surface area contributed by atoms with Crippen LogP contribution < -0.4 is 5.32 Å². The highest BCUT2D eigenvalue weighted by molar-refractivity contribution is 9.10. The van der Waals surface area contributed by atoms with E-state index in [1.165, 1.54) is 0 Å². The van der Waals surface area contributed by atoms with Crippen LogP contribution in [0.3, 0.4) is 0 Å². The van der Waals surface area contributed by atoms with Crippen molar-refractivity contribution in [2.45, 2.75) is 25.4 Å². The minimum absolute atomic E-state index is 0.0614. The molecule has 2 rings (SSSR count). The number of hydrogen-bond acceptors (Lipinski definition) is 3. The van der Waals surface area contributed by atoms with Crippen molar-refractivity contribution in [2.75, 3.05) is 11.5 Å². The molecule has 18 heavy (non-hydrogen) atoms. The molecular formula is C12H15BrClNO2S. The molecule has 1 fully saturated rings. The van der Waals surface area contributed by atoms with Crippen LogP contribution in [0.2, 0.25) is 5.02 Å². The lowest BCUT2D eigenvalue weighted by Gasteiger charge is -2.23. The van der Waals surface area contributed by atoms with Crippen LogP contribution in [0.5, 0.6) is 0 Å². The molecule has 6 heteroatoms. The van der Waals surface area contributed by atoms with E-state index in [0.29, 0.717) is 17.3 Å². The van der Waals surface area contributed by atoms with Gasteiger partial charge in [0.15, 0.2) is 9.84 Å². The van der Waals surface area contributed by atoms with Crippen LogP contribution in [-0.2, 0) is 16.4 Å². The van der Waals surface area contributed by atoms with Gasteiger partial charge < -0.3 is 5.32 Å². The van der Waals surface area contributed by atoms with Crippen molar-refractivity contribution in [1.29, 1.82) is 0 Å². The molecule has 0 amide bonds. The predicted molar refractivity (Wildman–Crippen MR) is 77.7 cm³/mol. The summed E-state index contributed by atoms with van der Waals surface area (Å²) in [5.74, 6) is 0.577. The largest absolute Gasteiger partial charge is 0.309 e. The van der Waals surface area contributed by atoms with Gasteiger partial charge in [-0.1, -0.05) is 33.6 Å². The third kappa shape index (κ3) is 3.95. The van der Waals surface area contributed by atoms with Gasteiger partial charge in [-0.15, -0.1) is 0 Å². The first-order valence-corrected chi connectivity index (χ1v) is 8.83. The van der Waals surface area contributed by atoms with E-state index in [9.17, 15) is 8.42 Å². The Morgan fingerprint density at radius 2 is 2.22 bits per heavy atom. The maximum atomic E-state index is 11.5. The van der Waals surface area contributed by atoms with Gasteiger partial charge in [0, 0.05) is 22.1 Å². The Morgan fingerprint density at radius 3 is 2.89 bits per heavy atom. The third-order valence-electron chi connectivity index (χ3n) is 3.06. The molecule has 3 nitrogen and oxygen atoms in total. The van der Waals surface area contributed by atoms with Crippen molar-refractivity contribution in [3.63, 3.8) is 0 Å². The number of benzene rings is 1. The second kappa shape index (κ2) is 5.90. The molecule has 0 spiro atoms. The molecule has 0 saturated carbocycles. The zero-order valence-electron chi connectivity index (χ0n) is 9.83. The van der Waals surface area contributed by atoms with Gasteiger partial charge in [0.05, 0.1) is 11.5 Å². The highest BCUT2D eigenvalue weighted by Crippen LogP contribution is 2.22. The second-order valence-electron chi connectivity index (χ2n) is 4.57. The molecule has 0 radical (unpaired) electrons. The molecule has 1 aromatic rings. The average Bonchev–Trinajstić information content (AvgIpc) is 2.26. The molecule has 0 aliphatic carbocycles. The lowest BCUT2D eigenvalue weighted by atomic mass is 10.1. The topological polar surface area (TPSA) is 46.2 Å². The summed E-state index contributed by atoms with van der Waals surface area (Å²) in [6.45, 7) is 0.651. The minimum atomic E-state index is -2.85. The Morgan fingerprint density at radius 1 is 1.44 bits per heavy atom. The van der Waals surface area contributed by atoms with Gasteiger partial charge in [0.1, 0.15) is 0 Å². The molecule has 1 aliphatic rings. The molecule has 0 bridgehead atoms. The van der Waals surface area contributed by atoms with Crippen LogP contribution in [0.25, 0.3) is 0 Å². The van der Waals surface area contributed by atoms with Gasteiger partial charge in [-0.3, -0.25) is 0 Å². The van der Waals surface area contributed by atoms with E-state index in [1.807, 2.05) is 18.2 Å². The second-order valence-corrected chi connectivity index (χ2v) is 8.09. The number of halogens is 2. The molecule has 1 aromatic carbocycles. The van der Waals surface area contributed by atoms with Crippen molar-refractivity contribution in [3.8, 4) is 0 Å². The average molecular weight is 353 g/mol. The number of nitrogens with one attached hydrogen (secondary N) is 1. The fraction of sp³-hybridized carbons (Fsp3) is 0.500. The van der Waals surface area contributed by atoms with Gasteiger partial charge >= 0.3 is 0 Å². The molecule has 1 unspecified atom stereocenters. The summed E-state index contributed by atoms with van der Waals surface area (Å²) in [6.07, 6.45) is 1.67. The molecule has 100 valence electrons. The Hall–Kier alpha value is -0.100. The van der Waals surface area contributed by atoms with E-state index in [4.69, 9.17) is 11.6 Å². The fourth-order valence-electron chi connectivity index (χ4n) is 2.10. The summed E-state index contributed by atoms with van der Waals surface area (Å²) in [7, 11) is -2.85. The van der Waals surface area contributed by atoms with E-state index in [0.717, 1.165) is 22.9 Å². The zero-order valence-corrected chi connectivity index (χ0v) is 13.0. The number of rotatable bonds is 3. The zero-order chi connectivity index (χ0) is 13.2. The minimum Gasteiger partial charge on any atom is -0.309 e. The van der Waals surface area contributed by atoms with E-state index in [-0.39, 0.29) is 11.8 Å². The van der Waals surface area contributed by atoms with Crippen molar-refractivity contribution < 1.29 is 8.42 Å². The summed E-state index contributed by atoms with van der Waals surface area (Å²) < 4.78 is 24.0. The van der Waals surface area contributed by atoms with E-state index >= 15 is 0 Å². The maximum absolute atomic E-state index is 11.5. The highest BCUT2D eigenvalue weighted by Gasteiger charge is 2.24. The fourth-order valence-corrected chi connectivity index (χ4v) is 4.60. The van der Waals surface area contributed by atoms with Crippen LogP contribution in [0.1, 0.15) is 18.4 Å². The quantitative estimate of drug-likeness (QED) is 0.910. The van der Waals surface area contributed by atoms with Crippen LogP contribution in [0.4, 0.5) is 0 Å². The third-order valence-corrected chi connectivity index (χ3v) is 5.85. The van der Waals surface area contributed by atoms with Gasteiger partial charge in [0.2, 0.25) is 0 Å². The lowest BCUT2D eigenvalue weighted by Crippen LogP contribution is -2.39. The normalized spacial score (nSPS) is 22.9. The van der Waals surface area contributed by atoms with Crippen molar-refractivity contribution in [3.05, 3.63) is 33.3 Å². The van der Waals surface area contributed by atoms with Gasteiger partial charge in [0.25, 0.3) is 0 Å². The molecule has 1 heterocycles. The van der Waals surface area contributed by atoms with E-state index in [1.54, 1.807) is 0 Å². The Bertz CT molecular complexity index is 533. The van der Waals surface area contributed by atoms with Crippen molar-refractivity contribution >= 4 is 37.4 Å². The molecule has 1 N–H and O–H groups in total. The van der Waals surface area contributed by atoms with Gasteiger partial charge in [-0.2, -0.15) is 0 Å². The summed E-state index contributed by atoms with van der Waals surface area (Å²) in [4.78, 5) is 0. The molecule has 1 saturated heterocycles. The van der Waals surface area contributed by atoms with Crippen LogP contribution >= 0.6 is 27.5 Å². The van der Waals surface area contributed by atoms with Gasteiger partial charge in [-0.05, 0) is 30.5 Å². The SMILES string of the molecule is O=S1(=O)CCCC(NCc2ccc(Cl)cc2Br)C1. The van der Waals surface area contributed by atoms with E-state index < -0.39 is 9.84 Å². The maximum Gasteiger partial charge on any atom is 0.151 e. The van der Waals surface area contributed by atoms with Crippen LogP contribution in [0, 0.1) is 0 Å². The summed E-state index contributed by atoms with van der Waals surface area (Å²) in [5.41, 5.74) is 1.09.